The molecule has 10 heteroatoms. The Morgan fingerprint density at radius 1 is 1.28 bits per heavy atom. The van der Waals surface area contributed by atoms with Gasteiger partial charge in [-0.25, -0.2) is 17.4 Å². The molecule has 3 aromatic heterocycles. The van der Waals surface area contributed by atoms with Crippen molar-refractivity contribution in [3.63, 3.8) is 0 Å². The summed E-state index contributed by atoms with van der Waals surface area (Å²) in [4.78, 5) is 16.2. The number of halogens is 1. The van der Waals surface area contributed by atoms with E-state index in [-0.39, 0.29) is 5.97 Å². The SMILES string of the molecule is CCOC(=O)CCCn1cc(-c2cn(S(=O)(=O)C3(C)C=C(Br)C=CC3)c3ncccc23)c(C2CC2)n1. The molecule has 0 aliphatic heterocycles. The molecule has 1 saturated carbocycles. The van der Waals surface area contributed by atoms with Crippen molar-refractivity contribution in [3.8, 4) is 11.1 Å². The average Bonchev–Trinajstić information content (AvgIpc) is 3.48. The number of hydrogen-bond acceptors (Lipinski definition) is 6. The van der Waals surface area contributed by atoms with Crippen LogP contribution in [0.2, 0.25) is 0 Å². The Bertz CT molecular complexity index is 1480. The molecule has 1 fully saturated rings. The predicted molar refractivity (Wildman–Crippen MR) is 142 cm³/mol. The van der Waals surface area contributed by atoms with Crippen LogP contribution in [0.4, 0.5) is 0 Å². The number of allylic oxidation sites excluding steroid dienone is 3. The summed E-state index contributed by atoms with van der Waals surface area (Å²) in [5, 5.41) is 5.61. The van der Waals surface area contributed by atoms with Crippen molar-refractivity contribution >= 4 is 43.0 Å². The van der Waals surface area contributed by atoms with E-state index < -0.39 is 14.8 Å². The first kappa shape index (κ1) is 25.0. The van der Waals surface area contributed by atoms with Crippen molar-refractivity contribution in [3.05, 3.63) is 59.1 Å². The first-order chi connectivity index (χ1) is 17.2. The van der Waals surface area contributed by atoms with Crippen LogP contribution in [0.1, 0.15) is 57.6 Å². The number of pyridine rings is 1. The van der Waals surface area contributed by atoms with Crippen molar-refractivity contribution in [1.82, 2.24) is 18.7 Å². The molecule has 0 N–H and O–H groups in total. The van der Waals surface area contributed by atoms with Gasteiger partial charge >= 0.3 is 5.97 Å². The molecule has 0 radical (unpaired) electrons. The van der Waals surface area contributed by atoms with Crippen LogP contribution in [-0.4, -0.2) is 44.5 Å². The van der Waals surface area contributed by atoms with Crippen molar-refractivity contribution < 1.29 is 17.9 Å². The third kappa shape index (κ3) is 4.56. The Labute approximate surface area is 219 Å². The van der Waals surface area contributed by atoms with Crippen LogP contribution < -0.4 is 0 Å². The number of aromatic nitrogens is 4. The van der Waals surface area contributed by atoms with Crippen LogP contribution in [0, 0.1) is 0 Å². The van der Waals surface area contributed by atoms with Gasteiger partial charge in [0.15, 0.2) is 5.65 Å². The lowest BCUT2D eigenvalue weighted by molar-refractivity contribution is -0.143. The fraction of sp³-hybridized carbons (Fsp3) is 0.423. The number of esters is 1. The van der Waals surface area contributed by atoms with Crippen LogP contribution >= 0.6 is 15.9 Å². The molecule has 1 atom stereocenters. The maximum absolute atomic E-state index is 14.0. The summed E-state index contributed by atoms with van der Waals surface area (Å²) in [6.07, 6.45) is 14.2. The minimum absolute atomic E-state index is 0.210. The van der Waals surface area contributed by atoms with Crippen LogP contribution in [0.5, 0.6) is 0 Å². The molecule has 0 aromatic carbocycles. The quantitative estimate of drug-likeness (QED) is 0.323. The molecule has 0 saturated heterocycles. The Kier molecular flexibility index (Phi) is 6.67. The number of carbonyl (C=O) groups is 1. The van der Waals surface area contributed by atoms with E-state index in [2.05, 4.69) is 20.9 Å². The lowest BCUT2D eigenvalue weighted by atomic mass is 10.0. The highest BCUT2D eigenvalue weighted by Gasteiger charge is 2.41. The molecule has 8 nitrogen and oxygen atoms in total. The number of ether oxygens (including phenoxy) is 1. The minimum atomic E-state index is -3.83. The molecule has 5 rings (SSSR count). The van der Waals surface area contributed by atoms with E-state index in [1.54, 1.807) is 32.3 Å². The third-order valence-corrected chi connectivity index (χ3v) is 9.49. The van der Waals surface area contributed by atoms with Gasteiger partial charge in [-0.05, 0) is 57.7 Å². The largest absolute Gasteiger partial charge is 0.466 e. The van der Waals surface area contributed by atoms with Crippen molar-refractivity contribution in [2.45, 2.75) is 63.2 Å². The fourth-order valence-corrected chi connectivity index (χ4v) is 7.17. The summed E-state index contributed by atoms with van der Waals surface area (Å²) in [5.74, 6) is 0.149. The highest BCUT2D eigenvalue weighted by molar-refractivity contribution is 9.11. The van der Waals surface area contributed by atoms with Gasteiger partial charge in [0.25, 0.3) is 0 Å². The molecule has 36 heavy (non-hydrogen) atoms. The average molecular weight is 574 g/mol. The molecule has 0 spiro atoms. The van der Waals surface area contributed by atoms with Crippen molar-refractivity contribution in [2.75, 3.05) is 6.61 Å². The molecular weight excluding hydrogens is 544 g/mol. The van der Waals surface area contributed by atoms with Gasteiger partial charge in [-0.2, -0.15) is 5.10 Å². The Morgan fingerprint density at radius 2 is 2.08 bits per heavy atom. The molecule has 190 valence electrons. The molecule has 0 amide bonds. The maximum Gasteiger partial charge on any atom is 0.305 e. The van der Waals surface area contributed by atoms with Gasteiger partial charge in [0, 0.05) is 58.5 Å². The normalized spacial score (nSPS) is 20.0. The summed E-state index contributed by atoms with van der Waals surface area (Å²) in [6, 6.07) is 3.73. The first-order valence-electron chi connectivity index (χ1n) is 12.2. The molecule has 2 aliphatic carbocycles. The Hall–Kier alpha value is -2.72. The number of aryl methyl sites for hydroxylation is 1. The summed E-state index contributed by atoms with van der Waals surface area (Å²) in [5.41, 5.74) is 3.11. The van der Waals surface area contributed by atoms with E-state index in [1.807, 2.05) is 35.2 Å². The van der Waals surface area contributed by atoms with Gasteiger partial charge < -0.3 is 4.74 Å². The Morgan fingerprint density at radius 3 is 2.81 bits per heavy atom. The maximum atomic E-state index is 14.0. The van der Waals surface area contributed by atoms with Crippen LogP contribution in [-0.2, 0) is 26.1 Å². The second-order valence-electron chi connectivity index (χ2n) is 9.54. The van der Waals surface area contributed by atoms with Gasteiger partial charge in [0.05, 0.1) is 12.3 Å². The monoisotopic (exact) mass is 572 g/mol. The molecule has 2 aliphatic rings. The lowest BCUT2D eigenvalue weighted by Crippen LogP contribution is -2.38. The third-order valence-electron chi connectivity index (χ3n) is 6.74. The molecule has 1 unspecified atom stereocenters. The Balaban J connectivity index is 1.55. The minimum Gasteiger partial charge on any atom is -0.466 e. The number of carbonyl (C=O) groups excluding carboxylic acids is 1. The van der Waals surface area contributed by atoms with Crippen LogP contribution in [0.15, 0.2) is 53.4 Å². The number of fused-ring (bicyclic) bond motifs is 1. The highest BCUT2D eigenvalue weighted by atomic mass is 79.9. The summed E-state index contributed by atoms with van der Waals surface area (Å²) < 4.78 is 35.8. The van der Waals surface area contributed by atoms with E-state index in [0.29, 0.717) is 44.0 Å². The van der Waals surface area contributed by atoms with Crippen LogP contribution in [0.25, 0.3) is 22.2 Å². The fourth-order valence-electron chi connectivity index (χ4n) is 4.67. The smallest absolute Gasteiger partial charge is 0.305 e. The second-order valence-corrected chi connectivity index (χ2v) is 12.7. The summed E-state index contributed by atoms with van der Waals surface area (Å²) in [6.45, 7) is 4.49. The zero-order valence-electron chi connectivity index (χ0n) is 20.4. The number of hydrogen-bond donors (Lipinski definition) is 0. The zero-order chi connectivity index (χ0) is 25.5. The van der Waals surface area contributed by atoms with Crippen LogP contribution in [0.3, 0.4) is 0 Å². The predicted octanol–water partition coefficient (Wildman–Crippen LogP) is 5.30. The molecule has 3 aromatic rings. The second kappa shape index (κ2) is 9.63. The molecular formula is C26H29BrN4O4S. The zero-order valence-corrected chi connectivity index (χ0v) is 22.8. The summed E-state index contributed by atoms with van der Waals surface area (Å²) in [7, 11) is -3.83. The van der Waals surface area contributed by atoms with E-state index >= 15 is 0 Å². The molecule has 3 heterocycles. The van der Waals surface area contributed by atoms with Gasteiger partial charge in [0.2, 0.25) is 10.0 Å². The number of rotatable bonds is 9. The topological polar surface area (TPSA) is 96.1 Å². The standard InChI is InChI=1S/C26H29BrN4O4S/c1-3-35-23(32)9-6-14-30-16-22(24(29-30)18-10-11-18)21-17-31(25-20(21)8-5-13-28-25)36(33,34)26(2)12-4-7-19(27)15-26/h4-5,7-8,13,15-18H,3,6,9-12,14H2,1-2H3. The van der Waals surface area contributed by atoms with E-state index in [4.69, 9.17) is 9.84 Å². The highest BCUT2D eigenvalue weighted by Crippen LogP contribution is 2.45. The van der Waals surface area contributed by atoms with Gasteiger partial charge in [-0.3, -0.25) is 9.48 Å². The van der Waals surface area contributed by atoms with Gasteiger partial charge in [0.1, 0.15) is 4.75 Å². The van der Waals surface area contributed by atoms with Crippen molar-refractivity contribution in [1.29, 1.82) is 0 Å². The molecule has 0 bridgehead atoms. The van der Waals surface area contributed by atoms with Gasteiger partial charge in [-0.1, -0.05) is 28.1 Å². The first-order valence-corrected chi connectivity index (χ1v) is 14.5. The van der Waals surface area contributed by atoms with Gasteiger partial charge in [-0.15, -0.1) is 0 Å². The summed E-state index contributed by atoms with van der Waals surface area (Å²) >= 11 is 3.44. The number of nitrogens with zero attached hydrogens (tertiary/aromatic N) is 4. The van der Waals surface area contributed by atoms with Crippen molar-refractivity contribution in [2.24, 2.45) is 0 Å². The van der Waals surface area contributed by atoms with E-state index in [1.165, 1.54) is 3.97 Å². The van der Waals surface area contributed by atoms with E-state index in [0.717, 1.165) is 39.5 Å². The van der Waals surface area contributed by atoms with E-state index in [9.17, 15) is 13.2 Å². The lowest BCUT2D eigenvalue weighted by Gasteiger charge is -2.27.